The van der Waals surface area contributed by atoms with Gasteiger partial charge >= 0.3 is 0 Å². The van der Waals surface area contributed by atoms with E-state index < -0.39 is 34.3 Å². The van der Waals surface area contributed by atoms with Crippen molar-refractivity contribution in [2.45, 2.75) is 22.8 Å². The van der Waals surface area contributed by atoms with Crippen molar-refractivity contribution in [3.8, 4) is 11.5 Å². The SMILES string of the molecule is O=C1c2ccccc2[C@]2(O)Oc3cc4c(cc3[C@]12O)[C@]1(O)C(=O)c2ccccc2[C@]1(O)O4. The van der Waals surface area contributed by atoms with E-state index in [2.05, 4.69) is 0 Å². The highest BCUT2D eigenvalue weighted by Crippen LogP contribution is 2.63. The molecule has 4 N–H and O–H groups in total. The van der Waals surface area contributed by atoms with Gasteiger partial charge in [-0.25, -0.2) is 0 Å². The maximum atomic E-state index is 13.2. The summed E-state index contributed by atoms with van der Waals surface area (Å²) < 4.78 is 11.4. The Bertz CT molecular complexity index is 1340. The summed E-state index contributed by atoms with van der Waals surface area (Å²) in [5.74, 6) is -6.47. The number of hydrogen-bond donors (Lipinski definition) is 4. The topological polar surface area (TPSA) is 134 Å². The quantitative estimate of drug-likeness (QED) is 0.414. The van der Waals surface area contributed by atoms with Gasteiger partial charge < -0.3 is 29.9 Å². The summed E-state index contributed by atoms with van der Waals surface area (Å²) in [6.45, 7) is 0. The lowest BCUT2D eigenvalue weighted by atomic mass is 9.81. The molecular weight excluding hydrogens is 416 g/mol. The fourth-order valence-corrected chi connectivity index (χ4v) is 5.52. The highest BCUT2D eigenvalue weighted by Gasteiger charge is 2.74. The second-order valence-corrected chi connectivity index (χ2v) is 8.51. The van der Waals surface area contributed by atoms with Crippen molar-refractivity contribution in [3.05, 3.63) is 94.0 Å². The minimum Gasteiger partial charge on any atom is -0.454 e. The first-order valence-corrected chi connectivity index (χ1v) is 9.93. The van der Waals surface area contributed by atoms with Crippen molar-refractivity contribution in [1.82, 2.24) is 0 Å². The van der Waals surface area contributed by atoms with Gasteiger partial charge in [-0.2, -0.15) is 0 Å². The van der Waals surface area contributed by atoms with Crippen LogP contribution in [0.15, 0.2) is 60.7 Å². The molecular formula is C24H14O8. The van der Waals surface area contributed by atoms with Gasteiger partial charge in [0.15, 0.2) is 0 Å². The minimum atomic E-state index is -2.51. The monoisotopic (exact) mass is 430 g/mol. The van der Waals surface area contributed by atoms with Crippen LogP contribution in [0.3, 0.4) is 0 Å². The Kier molecular flexibility index (Phi) is 2.78. The fraction of sp³-hybridized carbons (Fsp3) is 0.167. The number of ketones is 2. The second kappa shape index (κ2) is 4.92. The lowest BCUT2D eigenvalue weighted by Crippen LogP contribution is -2.49. The van der Waals surface area contributed by atoms with Crippen LogP contribution in [0.1, 0.15) is 43.0 Å². The molecule has 2 aliphatic carbocycles. The third kappa shape index (κ3) is 1.51. The van der Waals surface area contributed by atoms with Crippen LogP contribution in [0.4, 0.5) is 0 Å². The molecule has 0 aromatic heterocycles. The molecule has 0 amide bonds. The Hall–Kier alpha value is -3.56. The predicted molar refractivity (Wildman–Crippen MR) is 105 cm³/mol. The van der Waals surface area contributed by atoms with Crippen molar-refractivity contribution >= 4 is 11.6 Å². The highest BCUT2D eigenvalue weighted by atomic mass is 16.7. The van der Waals surface area contributed by atoms with Gasteiger partial charge in [0, 0.05) is 39.4 Å². The molecule has 0 saturated heterocycles. The third-order valence-corrected chi connectivity index (χ3v) is 7.09. The summed E-state index contributed by atoms with van der Waals surface area (Å²) in [4.78, 5) is 26.4. The second-order valence-electron chi connectivity index (χ2n) is 8.51. The Balaban J connectivity index is 1.48. The molecule has 0 spiro atoms. The van der Waals surface area contributed by atoms with Gasteiger partial charge in [-0.1, -0.05) is 48.5 Å². The molecule has 0 bridgehead atoms. The van der Waals surface area contributed by atoms with Crippen molar-refractivity contribution in [2.24, 2.45) is 0 Å². The molecule has 0 radical (unpaired) electrons. The number of hydrogen-bond acceptors (Lipinski definition) is 8. The zero-order chi connectivity index (χ0) is 22.3. The summed E-state index contributed by atoms with van der Waals surface area (Å²) >= 11 is 0. The lowest BCUT2D eigenvalue weighted by Gasteiger charge is -2.30. The number of rotatable bonds is 0. The first-order valence-electron chi connectivity index (χ1n) is 9.93. The molecule has 0 fully saturated rings. The van der Waals surface area contributed by atoms with Crippen LogP contribution in [0.2, 0.25) is 0 Å². The van der Waals surface area contributed by atoms with Crippen LogP contribution in [0.5, 0.6) is 11.5 Å². The zero-order valence-corrected chi connectivity index (χ0v) is 16.2. The van der Waals surface area contributed by atoms with E-state index in [1.165, 1.54) is 36.4 Å². The van der Waals surface area contributed by atoms with E-state index in [0.29, 0.717) is 0 Å². The van der Waals surface area contributed by atoms with E-state index in [1.54, 1.807) is 24.3 Å². The zero-order valence-electron chi connectivity index (χ0n) is 16.2. The number of benzene rings is 3. The summed E-state index contributed by atoms with van der Waals surface area (Å²) in [6.07, 6.45) is 0. The van der Waals surface area contributed by atoms with Crippen molar-refractivity contribution in [1.29, 1.82) is 0 Å². The lowest BCUT2D eigenvalue weighted by molar-refractivity contribution is -0.227. The number of Topliss-reactive ketones (excluding diaryl/α,β-unsaturated/α-hetero) is 2. The summed E-state index contributed by atoms with van der Waals surface area (Å²) in [5, 5.41) is 45.6. The Morgan fingerprint density at radius 1 is 0.562 bits per heavy atom. The average Bonchev–Trinajstić information content (AvgIpc) is 3.30. The van der Waals surface area contributed by atoms with E-state index in [-0.39, 0.29) is 44.9 Å². The van der Waals surface area contributed by atoms with Gasteiger partial charge in [0.25, 0.3) is 11.6 Å². The maximum Gasteiger partial charge on any atom is 0.276 e. The van der Waals surface area contributed by atoms with Crippen LogP contribution in [-0.4, -0.2) is 32.0 Å². The number of fused-ring (bicyclic) bond motifs is 10. The number of aliphatic hydroxyl groups is 4. The number of carbonyl (C=O) groups is 2. The Morgan fingerprint density at radius 2 is 0.969 bits per heavy atom. The van der Waals surface area contributed by atoms with E-state index in [1.807, 2.05) is 0 Å². The molecule has 3 aromatic carbocycles. The van der Waals surface area contributed by atoms with Crippen LogP contribution >= 0.6 is 0 Å². The summed E-state index contributed by atoms with van der Waals surface area (Å²) in [6, 6.07) is 14.7. The van der Waals surface area contributed by atoms with E-state index >= 15 is 0 Å². The molecule has 8 nitrogen and oxygen atoms in total. The normalized spacial score (nSPS) is 34.8. The molecule has 4 atom stereocenters. The van der Waals surface area contributed by atoms with Gasteiger partial charge in [-0.05, 0) is 6.07 Å². The van der Waals surface area contributed by atoms with E-state index in [9.17, 15) is 30.0 Å². The maximum absolute atomic E-state index is 13.2. The Labute approximate surface area is 179 Å². The summed E-state index contributed by atoms with van der Waals surface area (Å²) in [7, 11) is 0. The first-order chi connectivity index (χ1) is 15.2. The van der Waals surface area contributed by atoms with Gasteiger partial charge in [0.05, 0.1) is 0 Å². The van der Waals surface area contributed by atoms with Crippen molar-refractivity contribution in [2.75, 3.05) is 0 Å². The van der Waals surface area contributed by atoms with Crippen LogP contribution in [-0.2, 0) is 22.8 Å². The van der Waals surface area contributed by atoms with Gasteiger partial charge in [0.2, 0.25) is 22.8 Å². The molecule has 3 aromatic rings. The Morgan fingerprint density at radius 3 is 1.41 bits per heavy atom. The van der Waals surface area contributed by atoms with Gasteiger partial charge in [0.1, 0.15) is 11.5 Å². The molecule has 0 saturated carbocycles. The molecule has 2 heterocycles. The smallest absolute Gasteiger partial charge is 0.276 e. The largest absolute Gasteiger partial charge is 0.454 e. The number of carbonyl (C=O) groups excluding carboxylic acids is 2. The van der Waals surface area contributed by atoms with Crippen LogP contribution < -0.4 is 9.47 Å². The standard InChI is InChI=1S/C24H14O8/c25-19-11-5-1-3-7-13(11)23(29)21(19,27)15-9-16-18(10-17(15)31-23)32-24(30)14-8-4-2-6-12(14)20(26)22(16,24)28/h1-10,27-30H/t21-,22-,23-,24-/m0/s1. The first kappa shape index (κ1) is 18.1. The average molecular weight is 430 g/mol. The summed E-state index contributed by atoms with van der Waals surface area (Å²) in [5.41, 5.74) is -4.89. The van der Waals surface area contributed by atoms with E-state index in [4.69, 9.17) is 9.47 Å². The molecule has 4 aliphatic rings. The molecule has 32 heavy (non-hydrogen) atoms. The molecule has 8 heteroatoms. The van der Waals surface area contributed by atoms with Crippen molar-refractivity contribution in [3.63, 3.8) is 0 Å². The van der Waals surface area contributed by atoms with Crippen LogP contribution in [0.25, 0.3) is 0 Å². The van der Waals surface area contributed by atoms with Gasteiger partial charge in [-0.15, -0.1) is 0 Å². The molecule has 158 valence electrons. The predicted octanol–water partition coefficient (Wildman–Crippen LogP) is 0.930. The molecule has 2 aliphatic heterocycles. The molecule has 0 unspecified atom stereocenters. The number of ether oxygens (including phenoxy) is 2. The third-order valence-electron chi connectivity index (χ3n) is 7.09. The highest BCUT2D eigenvalue weighted by molar-refractivity contribution is 6.11. The van der Waals surface area contributed by atoms with Crippen LogP contribution in [0, 0.1) is 0 Å². The van der Waals surface area contributed by atoms with Gasteiger partial charge in [-0.3, -0.25) is 9.59 Å². The molecule has 7 rings (SSSR count). The minimum absolute atomic E-state index is 0.0653. The fourth-order valence-electron chi connectivity index (χ4n) is 5.52. The van der Waals surface area contributed by atoms with Crippen molar-refractivity contribution < 1.29 is 39.5 Å². The van der Waals surface area contributed by atoms with E-state index in [0.717, 1.165) is 0 Å².